The molecule has 0 saturated carbocycles. The molecule has 6 heteroatoms. The third kappa shape index (κ3) is 5.35. The van der Waals surface area contributed by atoms with Crippen LogP contribution in [0.2, 0.25) is 0 Å². The fourth-order valence-corrected chi connectivity index (χ4v) is 2.41. The van der Waals surface area contributed by atoms with Crippen molar-refractivity contribution in [2.75, 3.05) is 26.2 Å². The molecule has 1 fully saturated rings. The summed E-state index contributed by atoms with van der Waals surface area (Å²) >= 11 is 0. The van der Waals surface area contributed by atoms with Crippen LogP contribution in [0.5, 0.6) is 0 Å². The van der Waals surface area contributed by atoms with E-state index in [-0.39, 0.29) is 5.91 Å². The molecule has 1 amide bonds. The molecule has 0 atom stereocenters. The smallest absolute Gasteiger partial charge is 0.222 e. The molecule has 2 N–H and O–H groups in total. The summed E-state index contributed by atoms with van der Waals surface area (Å²) in [6, 6.07) is 5.83. The minimum Gasteiger partial charge on any atom is -0.357 e. The van der Waals surface area contributed by atoms with E-state index >= 15 is 0 Å². The molecule has 22 heavy (non-hydrogen) atoms. The molecule has 0 aromatic carbocycles. The maximum atomic E-state index is 11.5. The van der Waals surface area contributed by atoms with Gasteiger partial charge >= 0.3 is 0 Å². The van der Waals surface area contributed by atoms with Gasteiger partial charge in [0.2, 0.25) is 5.91 Å². The van der Waals surface area contributed by atoms with E-state index in [1.54, 1.807) is 6.20 Å². The number of hydrogen-bond acceptors (Lipinski definition) is 3. The first-order valence-corrected chi connectivity index (χ1v) is 7.99. The van der Waals surface area contributed by atoms with Gasteiger partial charge in [-0.1, -0.05) is 6.07 Å². The summed E-state index contributed by atoms with van der Waals surface area (Å²) in [6.07, 6.45) is 4.42. The van der Waals surface area contributed by atoms with Crippen LogP contribution in [0.3, 0.4) is 0 Å². The lowest BCUT2D eigenvalue weighted by Crippen LogP contribution is -2.39. The van der Waals surface area contributed by atoms with Gasteiger partial charge in [-0.3, -0.25) is 9.78 Å². The Hall–Kier alpha value is -2.11. The van der Waals surface area contributed by atoms with Crippen LogP contribution in [0.1, 0.15) is 31.9 Å². The number of pyridine rings is 1. The van der Waals surface area contributed by atoms with Gasteiger partial charge in [-0.05, 0) is 31.9 Å². The van der Waals surface area contributed by atoms with Crippen molar-refractivity contribution in [3.63, 3.8) is 0 Å². The highest BCUT2D eigenvalue weighted by molar-refractivity contribution is 5.79. The third-order valence-corrected chi connectivity index (χ3v) is 3.54. The molecular formula is C16H25N5O. The molecule has 6 nitrogen and oxygen atoms in total. The van der Waals surface area contributed by atoms with E-state index in [0.717, 1.165) is 50.7 Å². The zero-order valence-electron chi connectivity index (χ0n) is 13.2. The van der Waals surface area contributed by atoms with Gasteiger partial charge in [0.1, 0.15) is 0 Å². The van der Waals surface area contributed by atoms with Crippen molar-refractivity contribution >= 4 is 11.9 Å². The first-order valence-electron chi connectivity index (χ1n) is 7.99. The first kappa shape index (κ1) is 16.3. The van der Waals surface area contributed by atoms with Crippen LogP contribution in [-0.4, -0.2) is 47.9 Å². The molecule has 1 aromatic heterocycles. The number of hydrogen-bond donors (Lipinski definition) is 2. The summed E-state index contributed by atoms with van der Waals surface area (Å²) in [5.41, 5.74) is 0.947. The summed E-state index contributed by atoms with van der Waals surface area (Å²) in [4.78, 5) is 22.3. The van der Waals surface area contributed by atoms with E-state index in [1.165, 1.54) is 0 Å². The van der Waals surface area contributed by atoms with Crippen molar-refractivity contribution in [1.29, 1.82) is 0 Å². The van der Waals surface area contributed by atoms with Crippen molar-refractivity contribution in [2.24, 2.45) is 4.99 Å². The highest BCUT2D eigenvalue weighted by atomic mass is 16.2. The molecule has 0 spiro atoms. The van der Waals surface area contributed by atoms with Gasteiger partial charge in [-0.25, -0.2) is 4.99 Å². The second-order valence-electron chi connectivity index (χ2n) is 5.28. The van der Waals surface area contributed by atoms with Gasteiger partial charge in [0.15, 0.2) is 5.96 Å². The van der Waals surface area contributed by atoms with Crippen LogP contribution in [0.25, 0.3) is 0 Å². The van der Waals surface area contributed by atoms with Crippen molar-refractivity contribution in [2.45, 2.75) is 32.7 Å². The number of carbonyl (C=O) groups excluding carboxylic acids is 1. The predicted molar refractivity (Wildman–Crippen MR) is 87.5 cm³/mol. The van der Waals surface area contributed by atoms with Gasteiger partial charge in [0, 0.05) is 38.8 Å². The van der Waals surface area contributed by atoms with Crippen molar-refractivity contribution in [3.05, 3.63) is 30.1 Å². The highest BCUT2D eigenvalue weighted by Crippen LogP contribution is 2.09. The lowest BCUT2D eigenvalue weighted by atomic mass is 10.3. The molecule has 120 valence electrons. The number of guanidine groups is 1. The highest BCUT2D eigenvalue weighted by Gasteiger charge is 2.18. The number of carbonyl (C=O) groups is 1. The average Bonchev–Trinajstić information content (AvgIpc) is 2.95. The summed E-state index contributed by atoms with van der Waals surface area (Å²) in [7, 11) is 0. The molecule has 1 aromatic rings. The SMILES string of the molecule is CCNC(=NCc1ccccn1)NCCCN1CCCC1=O. The van der Waals surface area contributed by atoms with Crippen LogP contribution < -0.4 is 10.6 Å². The number of nitrogens with zero attached hydrogens (tertiary/aromatic N) is 3. The molecule has 1 aliphatic rings. The van der Waals surface area contributed by atoms with Gasteiger partial charge in [-0.15, -0.1) is 0 Å². The summed E-state index contributed by atoms with van der Waals surface area (Å²) in [6.45, 7) is 5.95. The van der Waals surface area contributed by atoms with Crippen molar-refractivity contribution in [3.8, 4) is 0 Å². The Morgan fingerprint density at radius 3 is 3.00 bits per heavy atom. The number of likely N-dealkylation sites (tertiary alicyclic amines) is 1. The number of rotatable bonds is 7. The molecular weight excluding hydrogens is 278 g/mol. The van der Waals surface area contributed by atoms with E-state index in [0.29, 0.717) is 13.0 Å². The molecule has 2 heterocycles. The number of amides is 1. The van der Waals surface area contributed by atoms with Gasteiger partial charge < -0.3 is 15.5 Å². The van der Waals surface area contributed by atoms with Crippen LogP contribution in [-0.2, 0) is 11.3 Å². The monoisotopic (exact) mass is 303 g/mol. The summed E-state index contributed by atoms with van der Waals surface area (Å²) in [5.74, 6) is 1.08. The molecule has 0 unspecified atom stereocenters. The first-order chi connectivity index (χ1) is 10.8. The second-order valence-corrected chi connectivity index (χ2v) is 5.28. The Bertz CT molecular complexity index is 489. The minimum absolute atomic E-state index is 0.288. The largest absolute Gasteiger partial charge is 0.357 e. The minimum atomic E-state index is 0.288. The number of aromatic nitrogens is 1. The number of nitrogens with one attached hydrogen (secondary N) is 2. The Kier molecular flexibility index (Phi) is 6.67. The number of aliphatic imine (C=N–C) groups is 1. The van der Waals surface area contributed by atoms with Crippen molar-refractivity contribution < 1.29 is 4.79 Å². The fraction of sp³-hybridized carbons (Fsp3) is 0.562. The van der Waals surface area contributed by atoms with Crippen molar-refractivity contribution in [1.82, 2.24) is 20.5 Å². The average molecular weight is 303 g/mol. The van der Waals surface area contributed by atoms with Gasteiger partial charge in [0.25, 0.3) is 0 Å². The standard InChI is InChI=1S/C16H25N5O/c1-2-17-16(20-13-14-7-3-4-9-18-14)19-10-6-12-21-11-5-8-15(21)22/h3-4,7,9H,2,5-6,8,10-13H2,1H3,(H2,17,19,20). The van der Waals surface area contributed by atoms with Crippen LogP contribution in [0.15, 0.2) is 29.4 Å². The van der Waals surface area contributed by atoms with E-state index in [1.807, 2.05) is 30.0 Å². The summed E-state index contributed by atoms with van der Waals surface area (Å²) < 4.78 is 0. The van der Waals surface area contributed by atoms with E-state index in [4.69, 9.17) is 0 Å². The maximum absolute atomic E-state index is 11.5. The lowest BCUT2D eigenvalue weighted by molar-refractivity contribution is -0.127. The predicted octanol–water partition coefficient (Wildman–Crippen LogP) is 1.15. The molecule has 0 aliphatic carbocycles. The second kappa shape index (κ2) is 9.02. The molecule has 1 aliphatic heterocycles. The Morgan fingerprint density at radius 1 is 1.41 bits per heavy atom. The third-order valence-electron chi connectivity index (χ3n) is 3.54. The quantitative estimate of drug-likeness (QED) is 0.450. The van der Waals surface area contributed by atoms with Crippen LogP contribution >= 0.6 is 0 Å². The Morgan fingerprint density at radius 2 is 2.32 bits per heavy atom. The Balaban J connectivity index is 1.72. The maximum Gasteiger partial charge on any atom is 0.222 e. The van der Waals surface area contributed by atoms with E-state index < -0.39 is 0 Å². The van der Waals surface area contributed by atoms with E-state index in [9.17, 15) is 4.79 Å². The molecule has 0 radical (unpaired) electrons. The summed E-state index contributed by atoms with van der Waals surface area (Å²) in [5, 5.41) is 6.52. The zero-order valence-corrected chi connectivity index (χ0v) is 13.2. The molecule has 0 bridgehead atoms. The zero-order chi connectivity index (χ0) is 15.6. The van der Waals surface area contributed by atoms with Crippen LogP contribution in [0.4, 0.5) is 0 Å². The molecule has 1 saturated heterocycles. The Labute approximate surface area is 132 Å². The normalized spacial score (nSPS) is 15.2. The van der Waals surface area contributed by atoms with E-state index in [2.05, 4.69) is 20.6 Å². The van der Waals surface area contributed by atoms with Crippen LogP contribution in [0, 0.1) is 0 Å². The van der Waals surface area contributed by atoms with Gasteiger partial charge in [-0.2, -0.15) is 0 Å². The topological polar surface area (TPSA) is 69.6 Å². The van der Waals surface area contributed by atoms with Gasteiger partial charge in [0.05, 0.1) is 12.2 Å². The lowest BCUT2D eigenvalue weighted by Gasteiger charge is -2.16. The fourth-order valence-electron chi connectivity index (χ4n) is 2.41. The molecule has 2 rings (SSSR count).